The lowest BCUT2D eigenvalue weighted by atomic mass is 10.0. The molecule has 0 aliphatic rings. The molecule has 1 unspecified atom stereocenters. The van der Waals surface area contributed by atoms with Crippen molar-refractivity contribution in [3.63, 3.8) is 0 Å². The summed E-state index contributed by atoms with van der Waals surface area (Å²) in [4.78, 5) is 37.5. The number of likely N-dealkylation sites (N-methyl/N-ethyl adjacent to an activating group) is 1. The summed E-state index contributed by atoms with van der Waals surface area (Å²) >= 11 is 0. The Balaban J connectivity index is 4.40. The molecule has 0 radical (unpaired) electrons. The summed E-state index contributed by atoms with van der Waals surface area (Å²) < 4.78 is 33.9. The van der Waals surface area contributed by atoms with E-state index >= 15 is 0 Å². The van der Waals surface area contributed by atoms with Gasteiger partial charge in [-0.3, -0.25) is 14.2 Å². The molecule has 322 valence electrons. The summed E-state index contributed by atoms with van der Waals surface area (Å²) in [6, 6.07) is 0. The van der Waals surface area contributed by atoms with Gasteiger partial charge in [-0.05, 0) is 51.4 Å². The summed E-state index contributed by atoms with van der Waals surface area (Å²) in [7, 11) is 1.15. The van der Waals surface area contributed by atoms with Crippen LogP contribution in [0, 0.1) is 0 Å². The molecule has 0 aromatic heterocycles. The number of hydrogen-bond acceptors (Lipinski definition) is 8. The van der Waals surface area contributed by atoms with Gasteiger partial charge in [-0.15, -0.1) is 0 Å². The van der Waals surface area contributed by atoms with Crippen molar-refractivity contribution in [1.82, 2.24) is 0 Å². The van der Waals surface area contributed by atoms with Gasteiger partial charge in [0, 0.05) is 12.8 Å². The van der Waals surface area contributed by atoms with Gasteiger partial charge in [0.05, 0.1) is 27.7 Å². The SMILES string of the molecule is CCCCC/C=C/C/C=C/C/C=C/CCCCC(=O)OC[C@H](COP(=O)([O-])OCC[N+](C)(C)C)OC(=O)CCCCCCCCCCCCCCCCCC. The number of phosphoric acid groups is 1. The molecule has 0 rings (SSSR count). The first-order valence-corrected chi connectivity index (χ1v) is 23.7. The summed E-state index contributed by atoms with van der Waals surface area (Å²) in [5, 5.41) is 0. The first kappa shape index (κ1) is 53.2. The van der Waals surface area contributed by atoms with E-state index in [1.54, 1.807) is 0 Å². The number of esters is 2. The number of quaternary nitrogens is 1. The van der Waals surface area contributed by atoms with E-state index < -0.39 is 32.5 Å². The molecule has 0 saturated heterocycles. The highest BCUT2D eigenvalue weighted by atomic mass is 31.2. The van der Waals surface area contributed by atoms with E-state index in [2.05, 4.69) is 50.3 Å². The Hall–Kier alpha value is -1.77. The number of hydrogen-bond donors (Lipinski definition) is 0. The highest BCUT2D eigenvalue weighted by molar-refractivity contribution is 7.45. The van der Waals surface area contributed by atoms with Crippen molar-refractivity contribution in [2.75, 3.05) is 47.5 Å². The average molecular weight is 798 g/mol. The van der Waals surface area contributed by atoms with Gasteiger partial charge in [-0.25, -0.2) is 0 Å². The molecule has 0 heterocycles. The number of carbonyl (C=O) groups is 2. The van der Waals surface area contributed by atoms with Gasteiger partial charge in [-0.1, -0.05) is 159 Å². The third-order valence-electron chi connectivity index (χ3n) is 9.41. The van der Waals surface area contributed by atoms with Gasteiger partial charge in [0.15, 0.2) is 6.10 Å². The zero-order chi connectivity index (χ0) is 40.7. The van der Waals surface area contributed by atoms with E-state index in [0.717, 1.165) is 51.4 Å². The summed E-state index contributed by atoms with van der Waals surface area (Å²) in [5.74, 6) is -0.875. The molecule has 0 aromatic rings. The maximum Gasteiger partial charge on any atom is 0.306 e. The van der Waals surface area contributed by atoms with Crippen molar-refractivity contribution in [1.29, 1.82) is 0 Å². The van der Waals surface area contributed by atoms with E-state index in [4.69, 9.17) is 18.5 Å². The molecular formula is C45H84NO8P. The second-order valence-electron chi connectivity index (χ2n) is 16.1. The molecule has 0 aliphatic heterocycles. The zero-order valence-electron chi connectivity index (χ0n) is 36.1. The van der Waals surface area contributed by atoms with E-state index in [-0.39, 0.29) is 26.1 Å². The highest BCUT2D eigenvalue weighted by Crippen LogP contribution is 2.38. The minimum atomic E-state index is -4.63. The van der Waals surface area contributed by atoms with Crippen molar-refractivity contribution in [3.8, 4) is 0 Å². The Morgan fingerprint density at radius 3 is 1.49 bits per heavy atom. The van der Waals surface area contributed by atoms with Crippen LogP contribution >= 0.6 is 7.82 Å². The summed E-state index contributed by atoms with van der Waals surface area (Å²) in [5.41, 5.74) is 0. The Kier molecular flexibility index (Phi) is 36.6. The Morgan fingerprint density at radius 1 is 0.564 bits per heavy atom. The van der Waals surface area contributed by atoms with Gasteiger partial charge in [0.1, 0.15) is 19.8 Å². The van der Waals surface area contributed by atoms with Crippen LogP contribution in [-0.2, 0) is 32.7 Å². The van der Waals surface area contributed by atoms with Crippen molar-refractivity contribution in [3.05, 3.63) is 36.5 Å². The average Bonchev–Trinajstić information content (AvgIpc) is 3.13. The van der Waals surface area contributed by atoms with E-state index in [1.807, 2.05) is 21.1 Å². The van der Waals surface area contributed by atoms with Gasteiger partial charge in [0.2, 0.25) is 0 Å². The number of phosphoric ester groups is 1. The Labute approximate surface area is 338 Å². The quantitative estimate of drug-likeness (QED) is 0.0198. The second kappa shape index (κ2) is 37.8. The maximum absolute atomic E-state index is 12.7. The van der Waals surface area contributed by atoms with Crippen molar-refractivity contribution in [2.24, 2.45) is 0 Å². The monoisotopic (exact) mass is 798 g/mol. The molecule has 0 bridgehead atoms. The molecule has 0 spiro atoms. The minimum Gasteiger partial charge on any atom is -0.756 e. The van der Waals surface area contributed by atoms with E-state index in [9.17, 15) is 19.0 Å². The van der Waals surface area contributed by atoms with E-state index in [1.165, 1.54) is 96.3 Å². The van der Waals surface area contributed by atoms with E-state index in [0.29, 0.717) is 23.9 Å². The molecule has 10 heteroatoms. The predicted octanol–water partition coefficient (Wildman–Crippen LogP) is 11.9. The number of unbranched alkanes of at least 4 members (excludes halogenated alkanes) is 20. The number of rotatable bonds is 40. The molecule has 0 N–H and O–H groups in total. The van der Waals surface area contributed by atoms with Crippen LogP contribution in [0.4, 0.5) is 0 Å². The fourth-order valence-corrected chi connectivity index (χ4v) is 6.62. The third-order valence-corrected chi connectivity index (χ3v) is 10.4. The minimum absolute atomic E-state index is 0.0360. The standard InChI is InChI=1S/C45H84NO8P/c1-6-8-10-12-14-16-18-20-22-24-26-28-30-32-34-36-38-45(48)54-43(42-53-55(49,50)52-40-39-46(3,4)5)41-51-44(47)37-35-33-31-29-27-25-23-21-19-17-15-13-11-9-7-2/h15,17,21,23,27,29,43H,6-14,16,18-20,22,24-26,28,30-42H2,1-5H3/b17-15+,23-21+,29-27+/t43-/m1/s1. The van der Waals surface area contributed by atoms with Crippen LogP contribution in [0.2, 0.25) is 0 Å². The van der Waals surface area contributed by atoms with Crippen LogP contribution in [0.25, 0.3) is 0 Å². The number of ether oxygens (including phenoxy) is 2. The summed E-state index contributed by atoms with van der Waals surface area (Å²) in [6.45, 7) is 4.16. The fraction of sp³-hybridized carbons (Fsp3) is 0.822. The molecule has 0 aliphatic carbocycles. The number of allylic oxidation sites excluding steroid dienone is 6. The normalized spacial score (nSPS) is 13.9. The van der Waals surface area contributed by atoms with Crippen molar-refractivity contribution >= 4 is 19.8 Å². The fourth-order valence-electron chi connectivity index (χ4n) is 5.90. The molecule has 0 saturated carbocycles. The van der Waals surface area contributed by atoms with Gasteiger partial charge in [-0.2, -0.15) is 0 Å². The lowest BCUT2D eigenvalue weighted by Gasteiger charge is -2.28. The van der Waals surface area contributed by atoms with Crippen LogP contribution in [-0.4, -0.2) is 70.0 Å². The summed E-state index contributed by atoms with van der Waals surface area (Å²) in [6.07, 6.45) is 41.7. The van der Waals surface area contributed by atoms with Crippen molar-refractivity contribution < 1.29 is 42.1 Å². The van der Waals surface area contributed by atoms with Gasteiger partial charge >= 0.3 is 11.9 Å². The van der Waals surface area contributed by atoms with Crippen LogP contribution in [0.5, 0.6) is 0 Å². The molecule has 0 amide bonds. The Morgan fingerprint density at radius 2 is 0.982 bits per heavy atom. The van der Waals surface area contributed by atoms with Gasteiger partial charge in [0.25, 0.3) is 7.82 Å². The molecule has 0 fully saturated rings. The molecule has 9 nitrogen and oxygen atoms in total. The van der Waals surface area contributed by atoms with Crippen LogP contribution in [0.1, 0.15) is 187 Å². The van der Waals surface area contributed by atoms with Crippen LogP contribution in [0.3, 0.4) is 0 Å². The smallest absolute Gasteiger partial charge is 0.306 e. The topological polar surface area (TPSA) is 111 Å². The Bertz CT molecular complexity index is 1040. The van der Waals surface area contributed by atoms with Crippen LogP contribution < -0.4 is 4.89 Å². The molecule has 55 heavy (non-hydrogen) atoms. The second-order valence-corrected chi connectivity index (χ2v) is 17.5. The van der Waals surface area contributed by atoms with Gasteiger partial charge < -0.3 is 27.9 Å². The lowest BCUT2D eigenvalue weighted by Crippen LogP contribution is -2.37. The zero-order valence-corrected chi connectivity index (χ0v) is 37.0. The lowest BCUT2D eigenvalue weighted by molar-refractivity contribution is -0.870. The first-order valence-electron chi connectivity index (χ1n) is 22.2. The molecule has 0 aromatic carbocycles. The van der Waals surface area contributed by atoms with Crippen molar-refractivity contribution in [2.45, 2.75) is 193 Å². The maximum atomic E-state index is 12.7. The largest absolute Gasteiger partial charge is 0.756 e. The third kappa shape index (κ3) is 41.7. The predicted molar refractivity (Wildman–Crippen MR) is 227 cm³/mol. The number of nitrogens with zero attached hydrogens (tertiary/aromatic N) is 1. The molecule has 2 atom stereocenters. The number of carbonyl (C=O) groups excluding carboxylic acids is 2. The highest BCUT2D eigenvalue weighted by Gasteiger charge is 2.21. The molecular weight excluding hydrogens is 713 g/mol. The first-order chi connectivity index (χ1) is 26.5. The van der Waals surface area contributed by atoms with Crippen LogP contribution in [0.15, 0.2) is 36.5 Å².